The van der Waals surface area contributed by atoms with Gasteiger partial charge in [-0.2, -0.15) is 5.10 Å². The molecule has 1 heterocycles. The Morgan fingerprint density at radius 2 is 2.22 bits per heavy atom. The molecule has 0 saturated carbocycles. The summed E-state index contributed by atoms with van der Waals surface area (Å²) in [5, 5.41) is 6.00. The summed E-state index contributed by atoms with van der Waals surface area (Å²) in [6, 6.07) is 4.87. The molecule has 0 aromatic heterocycles. The number of rotatable bonds is 4. The summed E-state index contributed by atoms with van der Waals surface area (Å²) in [4.78, 5) is 4.27. The molecule has 1 aliphatic rings. The molecular formula is C15H21ClN4O2S. The lowest BCUT2D eigenvalue weighted by Crippen LogP contribution is -2.41. The number of hydrogen-bond donors (Lipinski definition) is 1. The van der Waals surface area contributed by atoms with Crippen LogP contribution in [0, 0.1) is 12.8 Å². The Labute approximate surface area is 142 Å². The Morgan fingerprint density at radius 1 is 1.48 bits per heavy atom. The van der Waals surface area contributed by atoms with E-state index in [1.54, 1.807) is 17.1 Å². The summed E-state index contributed by atoms with van der Waals surface area (Å²) in [7, 11) is -3.82. The Morgan fingerprint density at radius 3 is 2.83 bits per heavy atom. The molecule has 0 radical (unpaired) electrons. The van der Waals surface area contributed by atoms with Gasteiger partial charge in [0.2, 0.25) is 5.96 Å². The molecule has 1 atom stereocenters. The number of hydrazone groups is 1. The van der Waals surface area contributed by atoms with Crippen LogP contribution in [0.5, 0.6) is 0 Å². The monoisotopic (exact) mass is 356 g/mol. The van der Waals surface area contributed by atoms with E-state index in [0.29, 0.717) is 19.0 Å². The summed E-state index contributed by atoms with van der Waals surface area (Å²) in [5.41, 5.74) is 0.814. The van der Waals surface area contributed by atoms with Crippen molar-refractivity contribution in [3.63, 3.8) is 0 Å². The Hall–Kier alpha value is -1.60. The van der Waals surface area contributed by atoms with Gasteiger partial charge in [0.05, 0.1) is 11.6 Å². The van der Waals surface area contributed by atoms with E-state index in [0.717, 1.165) is 12.0 Å². The number of halogens is 1. The van der Waals surface area contributed by atoms with Crippen LogP contribution in [0.1, 0.15) is 25.8 Å². The van der Waals surface area contributed by atoms with Gasteiger partial charge in [-0.25, -0.2) is 18.1 Å². The molecule has 0 amide bonds. The van der Waals surface area contributed by atoms with Crippen LogP contribution in [0.4, 0.5) is 0 Å². The second-order valence-corrected chi connectivity index (χ2v) is 7.41. The predicted octanol–water partition coefficient (Wildman–Crippen LogP) is 2.63. The zero-order chi connectivity index (χ0) is 17.0. The largest absolute Gasteiger partial charge is 0.265 e. The molecule has 8 heteroatoms. The average molecular weight is 357 g/mol. The highest BCUT2D eigenvalue weighted by Crippen LogP contribution is 2.22. The van der Waals surface area contributed by atoms with Crippen molar-refractivity contribution in [2.45, 2.75) is 32.1 Å². The van der Waals surface area contributed by atoms with Crippen molar-refractivity contribution in [3.8, 4) is 0 Å². The molecule has 1 N–H and O–H groups in total. The van der Waals surface area contributed by atoms with Gasteiger partial charge in [0, 0.05) is 18.7 Å². The lowest BCUT2D eigenvalue weighted by Gasteiger charge is -2.19. The number of benzene rings is 1. The van der Waals surface area contributed by atoms with Crippen LogP contribution in [-0.4, -0.2) is 38.7 Å². The number of nitrogens with zero attached hydrogens (tertiary/aromatic N) is 3. The predicted molar refractivity (Wildman–Crippen MR) is 93.5 cm³/mol. The molecule has 0 saturated heterocycles. The highest BCUT2D eigenvalue weighted by molar-refractivity contribution is 7.90. The zero-order valence-electron chi connectivity index (χ0n) is 13.5. The van der Waals surface area contributed by atoms with Crippen molar-refractivity contribution in [2.75, 3.05) is 13.1 Å². The van der Waals surface area contributed by atoms with Crippen molar-refractivity contribution >= 4 is 33.8 Å². The fraction of sp³-hybridized carbons (Fsp3) is 0.467. The van der Waals surface area contributed by atoms with E-state index >= 15 is 0 Å². The van der Waals surface area contributed by atoms with Gasteiger partial charge >= 0.3 is 0 Å². The van der Waals surface area contributed by atoms with Gasteiger partial charge in [-0.3, -0.25) is 4.99 Å². The van der Waals surface area contributed by atoms with Crippen LogP contribution in [0.2, 0.25) is 5.02 Å². The van der Waals surface area contributed by atoms with Gasteiger partial charge in [0.15, 0.2) is 0 Å². The molecule has 0 spiro atoms. The quantitative estimate of drug-likeness (QED) is 0.665. The molecule has 2 rings (SSSR count). The minimum Gasteiger partial charge on any atom is -0.251 e. The summed E-state index contributed by atoms with van der Waals surface area (Å²) in [6.07, 6.45) is 2.76. The molecule has 0 fully saturated rings. The van der Waals surface area contributed by atoms with Crippen molar-refractivity contribution < 1.29 is 8.42 Å². The molecular weight excluding hydrogens is 336 g/mol. The second kappa shape index (κ2) is 7.31. The molecule has 1 aromatic carbocycles. The number of hydrogen-bond acceptors (Lipinski definition) is 4. The molecule has 1 unspecified atom stereocenters. The first-order chi connectivity index (χ1) is 10.9. The smallest absolute Gasteiger partial charge is 0.251 e. The first-order valence-electron chi connectivity index (χ1n) is 7.52. The van der Waals surface area contributed by atoms with E-state index in [1.807, 2.05) is 20.1 Å². The normalized spacial score (nSPS) is 18.5. The molecule has 23 heavy (non-hydrogen) atoms. The molecule has 0 bridgehead atoms. The second-order valence-electron chi connectivity index (χ2n) is 5.35. The molecule has 1 aliphatic heterocycles. The van der Waals surface area contributed by atoms with Gasteiger partial charge in [0.1, 0.15) is 4.90 Å². The molecule has 0 aliphatic carbocycles. The van der Waals surface area contributed by atoms with Crippen molar-refractivity contribution in [2.24, 2.45) is 16.0 Å². The number of sulfonamides is 1. The third-order valence-electron chi connectivity index (χ3n) is 3.50. The third-order valence-corrected chi connectivity index (χ3v) is 5.31. The summed E-state index contributed by atoms with van der Waals surface area (Å²) < 4.78 is 27.8. The number of aryl methyl sites for hydroxylation is 1. The van der Waals surface area contributed by atoms with Gasteiger partial charge in [-0.15, -0.1) is 0 Å². The van der Waals surface area contributed by atoms with E-state index in [2.05, 4.69) is 21.7 Å². The standard InChI is InChI=1S/C15H21ClN4O2S/c1-4-12-9-18-20(10-12)15(17-5-2)19-23(21,22)14-8-11(3)6-7-13(14)16/h6-9,12H,4-5,10H2,1-3H3,(H,17,19). The molecule has 1 aromatic rings. The Kier molecular flexibility index (Phi) is 5.64. The Balaban J connectivity index is 2.28. The van der Waals surface area contributed by atoms with Gasteiger partial charge < -0.3 is 0 Å². The zero-order valence-corrected chi connectivity index (χ0v) is 15.0. The Bertz CT molecular complexity index is 731. The SMILES string of the molecule is CCN=C(NS(=O)(=O)c1cc(C)ccc1Cl)N1CC(CC)C=N1. The van der Waals surface area contributed by atoms with Crippen molar-refractivity contribution in [1.82, 2.24) is 9.73 Å². The fourth-order valence-electron chi connectivity index (χ4n) is 2.17. The van der Waals surface area contributed by atoms with E-state index in [4.69, 9.17) is 11.6 Å². The van der Waals surface area contributed by atoms with Crippen LogP contribution >= 0.6 is 11.6 Å². The van der Waals surface area contributed by atoms with Crippen LogP contribution < -0.4 is 4.72 Å². The first-order valence-corrected chi connectivity index (χ1v) is 9.38. The van der Waals surface area contributed by atoms with E-state index in [9.17, 15) is 8.42 Å². The van der Waals surface area contributed by atoms with Gasteiger partial charge in [-0.1, -0.05) is 24.6 Å². The highest BCUT2D eigenvalue weighted by Gasteiger charge is 2.26. The molecule has 126 valence electrons. The van der Waals surface area contributed by atoms with Crippen LogP contribution in [0.15, 0.2) is 33.2 Å². The summed E-state index contributed by atoms with van der Waals surface area (Å²) in [5.74, 6) is 0.515. The summed E-state index contributed by atoms with van der Waals surface area (Å²) in [6.45, 7) is 6.77. The average Bonchev–Trinajstić information content (AvgIpc) is 2.98. The maximum Gasteiger partial charge on any atom is 0.265 e. The van der Waals surface area contributed by atoms with Crippen LogP contribution in [0.25, 0.3) is 0 Å². The van der Waals surface area contributed by atoms with E-state index in [-0.39, 0.29) is 15.9 Å². The highest BCUT2D eigenvalue weighted by atomic mass is 35.5. The maximum absolute atomic E-state index is 12.6. The van der Waals surface area contributed by atoms with Gasteiger partial charge in [-0.05, 0) is 38.0 Å². The summed E-state index contributed by atoms with van der Waals surface area (Å²) >= 11 is 6.04. The van der Waals surface area contributed by atoms with Crippen molar-refractivity contribution in [3.05, 3.63) is 28.8 Å². The lowest BCUT2D eigenvalue weighted by molar-refractivity contribution is 0.429. The van der Waals surface area contributed by atoms with E-state index in [1.165, 1.54) is 6.07 Å². The van der Waals surface area contributed by atoms with E-state index < -0.39 is 10.0 Å². The number of nitrogens with one attached hydrogen (secondary N) is 1. The number of aliphatic imine (C=N–C) groups is 1. The molecule has 6 nitrogen and oxygen atoms in total. The first kappa shape index (κ1) is 17.7. The fourth-order valence-corrected chi connectivity index (χ4v) is 3.78. The van der Waals surface area contributed by atoms with Crippen molar-refractivity contribution in [1.29, 1.82) is 0 Å². The maximum atomic E-state index is 12.6. The minimum absolute atomic E-state index is 0.0400. The van der Waals surface area contributed by atoms with Gasteiger partial charge in [0.25, 0.3) is 10.0 Å². The third kappa shape index (κ3) is 4.23. The lowest BCUT2D eigenvalue weighted by atomic mass is 10.1. The van der Waals surface area contributed by atoms with Crippen LogP contribution in [0.3, 0.4) is 0 Å². The minimum atomic E-state index is -3.82. The topological polar surface area (TPSA) is 74.1 Å². The number of guanidine groups is 1. The van der Waals surface area contributed by atoms with Crippen LogP contribution in [-0.2, 0) is 10.0 Å².